The maximum Gasteiger partial charge on any atom is 0.259 e. The number of fused-ring (bicyclic) bond motifs is 3. The quantitative estimate of drug-likeness (QED) is 0.623. The Morgan fingerprint density at radius 1 is 1.33 bits per heavy atom. The number of aromatic nitrogens is 2. The molecule has 0 spiro atoms. The van der Waals surface area contributed by atoms with Gasteiger partial charge in [-0.05, 0) is 62.6 Å². The summed E-state index contributed by atoms with van der Waals surface area (Å²) < 4.78 is 0. The van der Waals surface area contributed by atoms with Crippen LogP contribution in [0.25, 0.3) is 10.2 Å². The normalized spacial score (nSPS) is 17.8. The lowest BCUT2D eigenvalue weighted by Crippen LogP contribution is -2.25. The number of hydrogen-bond acceptors (Lipinski definition) is 4. The first-order chi connectivity index (χ1) is 13.1. The van der Waals surface area contributed by atoms with Crippen molar-refractivity contribution in [3.63, 3.8) is 0 Å². The van der Waals surface area contributed by atoms with Crippen LogP contribution in [0.1, 0.15) is 54.6 Å². The van der Waals surface area contributed by atoms with Crippen LogP contribution < -0.4 is 10.9 Å². The third-order valence-corrected chi connectivity index (χ3v) is 6.68. The smallest absolute Gasteiger partial charge is 0.259 e. The molecule has 27 heavy (non-hydrogen) atoms. The molecule has 2 heterocycles. The van der Waals surface area contributed by atoms with Gasteiger partial charge < -0.3 is 10.3 Å². The van der Waals surface area contributed by atoms with Crippen LogP contribution in [-0.2, 0) is 19.3 Å². The zero-order valence-corrected chi connectivity index (χ0v) is 16.9. The second-order valence-corrected chi connectivity index (χ2v) is 8.83. The molecule has 0 bridgehead atoms. The Balaban J connectivity index is 1.44. The SMILES string of the molecule is C[C@H]1CCc2c(sc3nc([C@H](C)NCCCc4ccccc4)[nH]c(=O)c23)C1. The molecule has 2 atom stereocenters. The van der Waals surface area contributed by atoms with Crippen LogP contribution in [0.4, 0.5) is 0 Å². The zero-order valence-electron chi connectivity index (χ0n) is 16.0. The van der Waals surface area contributed by atoms with Crippen molar-refractivity contribution in [1.82, 2.24) is 15.3 Å². The van der Waals surface area contributed by atoms with Crippen LogP contribution >= 0.6 is 11.3 Å². The van der Waals surface area contributed by atoms with E-state index in [0.29, 0.717) is 5.92 Å². The van der Waals surface area contributed by atoms with E-state index in [2.05, 4.69) is 48.4 Å². The zero-order chi connectivity index (χ0) is 18.8. The van der Waals surface area contributed by atoms with E-state index in [-0.39, 0.29) is 11.6 Å². The van der Waals surface area contributed by atoms with Gasteiger partial charge in [0.1, 0.15) is 10.7 Å². The molecule has 0 radical (unpaired) electrons. The molecule has 1 aliphatic carbocycles. The van der Waals surface area contributed by atoms with Crippen molar-refractivity contribution in [3.05, 3.63) is 62.5 Å². The van der Waals surface area contributed by atoms with Crippen molar-refractivity contribution in [1.29, 1.82) is 0 Å². The van der Waals surface area contributed by atoms with Gasteiger partial charge in [0.05, 0.1) is 11.4 Å². The van der Waals surface area contributed by atoms with E-state index in [1.54, 1.807) is 11.3 Å². The lowest BCUT2D eigenvalue weighted by molar-refractivity contribution is 0.509. The standard InChI is InChI=1S/C22H27N3OS/c1-14-10-11-17-18(13-14)27-22-19(17)21(26)24-20(25-22)15(2)23-12-6-9-16-7-4-3-5-8-16/h3-5,7-8,14-15,23H,6,9-13H2,1-2H3,(H,24,25,26)/t14-,15-/m0/s1. The molecule has 4 nitrogen and oxygen atoms in total. The lowest BCUT2D eigenvalue weighted by Gasteiger charge is -2.17. The van der Waals surface area contributed by atoms with Gasteiger partial charge in [0.25, 0.3) is 5.56 Å². The summed E-state index contributed by atoms with van der Waals surface area (Å²) in [4.78, 5) is 22.8. The van der Waals surface area contributed by atoms with Crippen molar-refractivity contribution >= 4 is 21.6 Å². The van der Waals surface area contributed by atoms with Crippen molar-refractivity contribution in [2.24, 2.45) is 5.92 Å². The highest BCUT2D eigenvalue weighted by Gasteiger charge is 2.23. The fourth-order valence-corrected chi connectivity index (χ4v) is 5.31. The molecule has 142 valence electrons. The van der Waals surface area contributed by atoms with Crippen molar-refractivity contribution in [2.75, 3.05) is 6.54 Å². The van der Waals surface area contributed by atoms with Crippen LogP contribution in [0, 0.1) is 5.92 Å². The maximum absolute atomic E-state index is 12.7. The molecule has 5 heteroatoms. The topological polar surface area (TPSA) is 57.8 Å². The van der Waals surface area contributed by atoms with Gasteiger partial charge in [0.15, 0.2) is 0 Å². The third-order valence-electron chi connectivity index (χ3n) is 5.53. The Labute approximate surface area is 164 Å². The first-order valence-corrected chi connectivity index (χ1v) is 10.7. The number of aryl methyl sites for hydroxylation is 2. The number of rotatable bonds is 6. The molecule has 0 aliphatic heterocycles. The Kier molecular flexibility index (Phi) is 5.41. The second-order valence-electron chi connectivity index (χ2n) is 7.75. The van der Waals surface area contributed by atoms with Gasteiger partial charge in [0.2, 0.25) is 0 Å². The van der Waals surface area contributed by atoms with E-state index in [0.717, 1.165) is 48.3 Å². The van der Waals surface area contributed by atoms with Gasteiger partial charge in [0, 0.05) is 4.88 Å². The first-order valence-electron chi connectivity index (χ1n) is 9.93. The highest BCUT2D eigenvalue weighted by atomic mass is 32.1. The van der Waals surface area contributed by atoms with Crippen LogP contribution in [0.3, 0.4) is 0 Å². The highest BCUT2D eigenvalue weighted by molar-refractivity contribution is 7.18. The van der Waals surface area contributed by atoms with Crippen molar-refractivity contribution in [3.8, 4) is 0 Å². The van der Waals surface area contributed by atoms with Crippen LogP contribution in [0.2, 0.25) is 0 Å². The summed E-state index contributed by atoms with van der Waals surface area (Å²) in [5.74, 6) is 1.45. The van der Waals surface area contributed by atoms with Crippen molar-refractivity contribution in [2.45, 2.75) is 52.0 Å². The molecular weight excluding hydrogens is 354 g/mol. The average Bonchev–Trinajstić information content (AvgIpc) is 3.03. The number of nitrogens with zero attached hydrogens (tertiary/aromatic N) is 1. The number of H-pyrrole nitrogens is 1. The summed E-state index contributed by atoms with van der Waals surface area (Å²) >= 11 is 1.72. The molecule has 0 saturated carbocycles. The summed E-state index contributed by atoms with van der Waals surface area (Å²) in [7, 11) is 0. The van der Waals surface area contributed by atoms with E-state index in [1.807, 2.05) is 6.07 Å². The monoisotopic (exact) mass is 381 g/mol. The molecule has 2 aromatic heterocycles. The summed E-state index contributed by atoms with van der Waals surface area (Å²) in [6, 6.07) is 10.6. The molecule has 3 aromatic rings. The van der Waals surface area contributed by atoms with Crippen LogP contribution in [0.5, 0.6) is 0 Å². The predicted octanol–water partition coefficient (Wildman–Crippen LogP) is 4.39. The van der Waals surface area contributed by atoms with E-state index < -0.39 is 0 Å². The number of hydrogen-bond donors (Lipinski definition) is 2. The summed E-state index contributed by atoms with van der Waals surface area (Å²) in [6.07, 6.45) is 5.37. The number of thiophene rings is 1. The van der Waals surface area contributed by atoms with Gasteiger partial charge in [-0.3, -0.25) is 4.79 Å². The molecule has 0 unspecified atom stereocenters. The number of benzene rings is 1. The molecule has 4 rings (SSSR count). The van der Waals surface area contributed by atoms with Gasteiger partial charge in [-0.2, -0.15) is 0 Å². The van der Waals surface area contributed by atoms with Gasteiger partial charge >= 0.3 is 0 Å². The molecule has 0 amide bonds. The minimum atomic E-state index is 0.0278. The van der Waals surface area contributed by atoms with Gasteiger partial charge in [-0.1, -0.05) is 37.3 Å². The van der Waals surface area contributed by atoms with E-state index >= 15 is 0 Å². The van der Waals surface area contributed by atoms with E-state index in [9.17, 15) is 4.79 Å². The Hall–Kier alpha value is -1.98. The van der Waals surface area contributed by atoms with Crippen molar-refractivity contribution < 1.29 is 0 Å². The fraction of sp³-hybridized carbons (Fsp3) is 0.455. The Morgan fingerprint density at radius 3 is 2.96 bits per heavy atom. The van der Waals surface area contributed by atoms with E-state index in [1.165, 1.54) is 22.4 Å². The third kappa shape index (κ3) is 3.99. The highest BCUT2D eigenvalue weighted by Crippen LogP contribution is 2.35. The van der Waals surface area contributed by atoms with Gasteiger partial charge in [-0.25, -0.2) is 4.98 Å². The predicted molar refractivity (Wildman–Crippen MR) is 113 cm³/mol. The maximum atomic E-state index is 12.7. The summed E-state index contributed by atoms with van der Waals surface area (Å²) in [6.45, 7) is 5.26. The van der Waals surface area contributed by atoms with Crippen LogP contribution in [0.15, 0.2) is 35.1 Å². The summed E-state index contributed by atoms with van der Waals surface area (Å²) in [5, 5.41) is 4.34. The molecular formula is C22H27N3OS. The minimum absolute atomic E-state index is 0.0278. The fourth-order valence-electron chi connectivity index (χ4n) is 3.92. The summed E-state index contributed by atoms with van der Waals surface area (Å²) in [5.41, 5.74) is 2.63. The molecule has 0 fully saturated rings. The van der Waals surface area contributed by atoms with Crippen LogP contribution in [-0.4, -0.2) is 16.5 Å². The molecule has 1 aromatic carbocycles. The lowest BCUT2D eigenvalue weighted by atomic mass is 9.89. The largest absolute Gasteiger partial charge is 0.309 e. The second kappa shape index (κ2) is 7.95. The molecule has 2 N–H and O–H groups in total. The molecule has 0 saturated heterocycles. The number of nitrogens with one attached hydrogen (secondary N) is 2. The van der Waals surface area contributed by atoms with Gasteiger partial charge in [-0.15, -0.1) is 11.3 Å². The molecule has 1 aliphatic rings. The Morgan fingerprint density at radius 2 is 2.15 bits per heavy atom. The first kappa shape index (κ1) is 18.4. The average molecular weight is 382 g/mol. The number of aromatic amines is 1. The van der Waals surface area contributed by atoms with E-state index in [4.69, 9.17) is 4.98 Å². The minimum Gasteiger partial charge on any atom is -0.309 e. The Bertz CT molecular complexity index is 976.